The molecule has 0 atom stereocenters. The number of anilines is 2. The smallest absolute Gasteiger partial charge is 0.237 e. The SMILES string of the molecule is Cc1ccc(NC(N)=NCCS(=O)(=O)N2CCc3ccccc32)cc1. The molecule has 0 amide bonds. The molecule has 0 radical (unpaired) electrons. The first-order valence-corrected chi connectivity index (χ1v) is 9.78. The van der Waals surface area contributed by atoms with E-state index in [1.807, 2.05) is 55.5 Å². The molecule has 0 fully saturated rings. The third kappa shape index (κ3) is 4.11. The fraction of sp³-hybridized carbons (Fsp3) is 0.278. The minimum absolute atomic E-state index is 0.0718. The zero-order valence-electron chi connectivity index (χ0n) is 14.1. The lowest BCUT2D eigenvalue weighted by Gasteiger charge is -2.18. The molecule has 1 aliphatic rings. The molecule has 0 saturated heterocycles. The number of aryl methyl sites for hydroxylation is 1. The molecule has 3 rings (SSSR count). The van der Waals surface area contributed by atoms with E-state index < -0.39 is 10.0 Å². The van der Waals surface area contributed by atoms with Crippen LogP contribution in [0, 0.1) is 6.92 Å². The highest BCUT2D eigenvalue weighted by Crippen LogP contribution is 2.29. The van der Waals surface area contributed by atoms with E-state index in [-0.39, 0.29) is 18.3 Å². The largest absolute Gasteiger partial charge is 0.370 e. The molecule has 0 aromatic heterocycles. The molecule has 0 unspecified atom stereocenters. The summed E-state index contributed by atoms with van der Waals surface area (Å²) >= 11 is 0. The van der Waals surface area contributed by atoms with Crippen molar-refractivity contribution in [1.29, 1.82) is 0 Å². The maximum atomic E-state index is 12.6. The van der Waals surface area contributed by atoms with Crippen LogP contribution in [0.1, 0.15) is 11.1 Å². The summed E-state index contributed by atoms with van der Waals surface area (Å²) in [6.07, 6.45) is 0.746. The van der Waals surface area contributed by atoms with Crippen LogP contribution in [0.4, 0.5) is 11.4 Å². The monoisotopic (exact) mass is 358 g/mol. The van der Waals surface area contributed by atoms with E-state index in [1.54, 1.807) is 0 Å². The van der Waals surface area contributed by atoms with E-state index in [1.165, 1.54) is 4.31 Å². The van der Waals surface area contributed by atoms with Crippen LogP contribution in [-0.2, 0) is 16.4 Å². The molecule has 7 heteroatoms. The van der Waals surface area contributed by atoms with Gasteiger partial charge in [0.15, 0.2) is 5.96 Å². The van der Waals surface area contributed by atoms with E-state index >= 15 is 0 Å². The first kappa shape index (κ1) is 17.3. The third-order valence-electron chi connectivity index (χ3n) is 4.14. The number of hydrogen-bond donors (Lipinski definition) is 2. The van der Waals surface area contributed by atoms with Gasteiger partial charge in [-0.3, -0.25) is 9.30 Å². The van der Waals surface area contributed by atoms with E-state index in [0.717, 1.165) is 28.9 Å². The maximum Gasteiger partial charge on any atom is 0.237 e. The topological polar surface area (TPSA) is 87.8 Å². The summed E-state index contributed by atoms with van der Waals surface area (Å²) in [5.41, 5.74) is 9.65. The van der Waals surface area contributed by atoms with E-state index in [9.17, 15) is 8.42 Å². The van der Waals surface area contributed by atoms with Crippen LogP contribution in [0.5, 0.6) is 0 Å². The molecule has 2 aromatic carbocycles. The van der Waals surface area contributed by atoms with Crippen molar-refractivity contribution in [1.82, 2.24) is 0 Å². The number of sulfonamides is 1. The molecule has 0 aliphatic carbocycles. The number of nitrogens with zero attached hydrogens (tertiary/aromatic N) is 2. The molecule has 2 aromatic rings. The van der Waals surface area contributed by atoms with Gasteiger partial charge in [0, 0.05) is 12.2 Å². The van der Waals surface area contributed by atoms with Crippen LogP contribution in [0.3, 0.4) is 0 Å². The number of hydrogen-bond acceptors (Lipinski definition) is 3. The summed E-state index contributed by atoms with van der Waals surface area (Å²) in [7, 11) is -3.40. The van der Waals surface area contributed by atoms with E-state index in [0.29, 0.717) is 6.54 Å². The number of nitrogens with two attached hydrogens (primary N) is 1. The Morgan fingerprint density at radius 1 is 1.20 bits per heavy atom. The molecule has 1 aliphatic heterocycles. The van der Waals surface area contributed by atoms with E-state index in [2.05, 4.69) is 10.3 Å². The number of fused-ring (bicyclic) bond motifs is 1. The van der Waals surface area contributed by atoms with Gasteiger partial charge in [-0.15, -0.1) is 0 Å². The van der Waals surface area contributed by atoms with Crippen molar-refractivity contribution in [3.8, 4) is 0 Å². The van der Waals surface area contributed by atoms with Crippen LogP contribution in [0.15, 0.2) is 53.5 Å². The number of nitrogens with one attached hydrogen (secondary N) is 1. The lowest BCUT2D eigenvalue weighted by molar-refractivity contribution is 0.592. The highest BCUT2D eigenvalue weighted by molar-refractivity contribution is 7.92. The van der Waals surface area contributed by atoms with Gasteiger partial charge in [0.2, 0.25) is 10.0 Å². The van der Waals surface area contributed by atoms with Gasteiger partial charge in [0.25, 0.3) is 0 Å². The van der Waals surface area contributed by atoms with Crippen LogP contribution >= 0.6 is 0 Å². The van der Waals surface area contributed by atoms with Crippen molar-refractivity contribution in [2.75, 3.05) is 28.5 Å². The summed E-state index contributed by atoms with van der Waals surface area (Å²) in [6.45, 7) is 2.61. The van der Waals surface area contributed by atoms with Crippen molar-refractivity contribution in [2.24, 2.45) is 10.7 Å². The average molecular weight is 358 g/mol. The first-order valence-electron chi connectivity index (χ1n) is 8.18. The molecule has 25 heavy (non-hydrogen) atoms. The maximum absolute atomic E-state index is 12.6. The quantitative estimate of drug-likeness (QED) is 0.633. The second-order valence-electron chi connectivity index (χ2n) is 6.02. The Morgan fingerprint density at radius 2 is 1.92 bits per heavy atom. The van der Waals surface area contributed by atoms with Crippen molar-refractivity contribution >= 4 is 27.4 Å². The molecule has 132 valence electrons. The van der Waals surface area contributed by atoms with Gasteiger partial charge in [0.05, 0.1) is 18.0 Å². The number of rotatable bonds is 5. The molecule has 0 spiro atoms. The number of guanidine groups is 1. The third-order valence-corrected chi connectivity index (χ3v) is 5.89. The molecular formula is C18H22N4O2S. The Balaban J connectivity index is 1.60. The first-order chi connectivity index (χ1) is 12.0. The molecule has 0 saturated carbocycles. The Morgan fingerprint density at radius 3 is 2.68 bits per heavy atom. The van der Waals surface area contributed by atoms with Gasteiger partial charge in [-0.05, 0) is 37.1 Å². The van der Waals surface area contributed by atoms with Gasteiger partial charge in [0.1, 0.15) is 0 Å². The van der Waals surface area contributed by atoms with Gasteiger partial charge < -0.3 is 11.1 Å². The normalized spacial score (nSPS) is 14.4. The van der Waals surface area contributed by atoms with Gasteiger partial charge >= 0.3 is 0 Å². The van der Waals surface area contributed by atoms with Crippen LogP contribution in [0.2, 0.25) is 0 Å². The van der Waals surface area contributed by atoms with Crippen LogP contribution in [-0.4, -0.2) is 33.2 Å². The molecular weight excluding hydrogens is 336 g/mol. The van der Waals surface area contributed by atoms with E-state index in [4.69, 9.17) is 5.73 Å². The molecule has 1 heterocycles. The Bertz CT molecular complexity index is 876. The standard InChI is InChI=1S/C18H22N4O2S/c1-14-6-8-16(9-7-14)21-18(19)20-11-13-25(23,24)22-12-10-15-4-2-3-5-17(15)22/h2-9H,10-13H2,1H3,(H3,19,20,21). The minimum Gasteiger partial charge on any atom is -0.370 e. The predicted molar refractivity (Wildman–Crippen MR) is 103 cm³/mol. The fourth-order valence-corrected chi connectivity index (χ4v) is 4.20. The minimum atomic E-state index is -3.40. The van der Waals surface area contributed by atoms with Crippen LogP contribution < -0.4 is 15.4 Å². The summed E-state index contributed by atoms with van der Waals surface area (Å²) in [6, 6.07) is 15.3. The highest BCUT2D eigenvalue weighted by atomic mass is 32.2. The lowest BCUT2D eigenvalue weighted by atomic mass is 10.2. The van der Waals surface area contributed by atoms with Crippen molar-refractivity contribution in [3.05, 3.63) is 59.7 Å². The Labute approximate surface area is 148 Å². The fourth-order valence-electron chi connectivity index (χ4n) is 2.81. The average Bonchev–Trinajstić information content (AvgIpc) is 3.02. The molecule has 3 N–H and O–H groups in total. The number of benzene rings is 2. The predicted octanol–water partition coefficient (Wildman–Crippen LogP) is 2.11. The second kappa shape index (κ2) is 7.14. The second-order valence-corrected chi connectivity index (χ2v) is 8.04. The summed E-state index contributed by atoms with van der Waals surface area (Å²) < 4.78 is 26.6. The Kier molecular flexibility index (Phi) is 4.94. The Hall–Kier alpha value is -2.54. The zero-order valence-corrected chi connectivity index (χ0v) is 15.0. The van der Waals surface area contributed by atoms with Gasteiger partial charge in [-0.25, -0.2) is 8.42 Å². The summed E-state index contributed by atoms with van der Waals surface area (Å²) in [4.78, 5) is 4.13. The summed E-state index contributed by atoms with van der Waals surface area (Å²) in [5, 5.41) is 2.96. The van der Waals surface area contributed by atoms with Crippen molar-refractivity contribution in [2.45, 2.75) is 13.3 Å². The van der Waals surface area contributed by atoms with Crippen LogP contribution in [0.25, 0.3) is 0 Å². The number of para-hydroxylation sites is 1. The highest BCUT2D eigenvalue weighted by Gasteiger charge is 2.28. The van der Waals surface area contributed by atoms with Gasteiger partial charge in [-0.2, -0.15) is 0 Å². The van der Waals surface area contributed by atoms with Crippen molar-refractivity contribution < 1.29 is 8.42 Å². The molecule has 6 nitrogen and oxygen atoms in total. The summed E-state index contributed by atoms with van der Waals surface area (Å²) in [5.74, 6) is 0.137. The lowest BCUT2D eigenvalue weighted by Crippen LogP contribution is -2.33. The molecule has 0 bridgehead atoms. The number of aliphatic imine (C=N–C) groups is 1. The van der Waals surface area contributed by atoms with Crippen molar-refractivity contribution in [3.63, 3.8) is 0 Å². The van der Waals surface area contributed by atoms with Gasteiger partial charge in [-0.1, -0.05) is 35.9 Å². The zero-order chi connectivity index (χ0) is 17.9.